The maximum absolute atomic E-state index is 9.69. The van der Waals surface area contributed by atoms with E-state index in [1.165, 1.54) is 18.2 Å². The monoisotopic (exact) mass is 232 g/mol. The minimum atomic E-state index is -0.813. The lowest BCUT2D eigenvalue weighted by atomic mass is 10.0. The smallest absolute Gasteiger partial charge is 0.157 e. The number of aliphatic hydroxyl groups is 1. The third-order valence-electron chi connectivity index (χ3n) is 2.22. The molecule has 0 bridgehead atoms. The summed E-state index contributed by atoms with van der Waals surface area (Å²) < 4.78 is 0. The maximum Gasteiger partial charge on any atom is 0.157 e. The van der Waals surface area contributed by atoms with Crippen molar-refractivity contribution >= 4 is 0 Å². The molecule has 2 unspecified atom stereocenters. The highest BCUT2D eigenvalue weighted by molar-refractivity contribution is 5.41. The number of hydrogen-bond donors (Lipinski definition) is 4. The van der Waals surface area contributed by atoms with Gasteiger partial charge in [0.1, 0.15) is 0 Å². The quantitative estimate of drug-likeness (QED) is 0.449. The molecule has 0 heterocycles. The van der Waals surface area contributed by atoms with Crippen molar-refractivity contribution < 1.29 is 27.7 Å². The van der Waals surface area contributed by atoms with Gasteiger partial charge in [0.2, 0.25) is 0 Å². The van der Waals surface area contributed by atoms with E-state index in [0.717, 1.165) is 0 Å². The van der Waals surface area contributed by atoms with Crippen molar-refractivity contribution in [1.82, 2.24) is 0 Å². The summed E-state index contributed by atoms with van der Waals surface area (Å²) in [7, 11) is 0. The second-order valence-electron chi connectivity index (χ2n) is 3.27. The van der Waals surface area contributed by atoms with E-state index in [4.69, 9.17) is 10.8 Å². The summed E-state index contributed by atoms with van der Waals surface area (Å²) in [5.41, 5.74) is 6.15. The molecule has 1 rings (SSSR count). The molecule has 86 valence electrons. The predicted molar refractivity (Wildman–Crippen MR) is 53.0 cm³/mol. The van der Waals surface area contributed by atoms with Gasteiger partial charge in [0, 0.05) is 6.04 Å². The Morgan fingerprint density at radius 2 is 1.87 bits per heavy atom. The fourth-order valence-electron chi connectivity index (χ4n) is 1.19. The van der Waals surface area contributed by atoms with Crippen LogP contribution in [-0.2, 0) is 0 Å². The number of aliphatic hydroxyl groups excluding tert-OH is 1. The molecule has 0 saturated carbocycles. The molecule has 1 aromatic carbocycles. The summed E-state index contributed by atoms with van der Waals surface area (Å²) in [5, 5.41) is 27.9. The number of halogens is 1. The van der Waals surface area contributed by atoms with E-state index in [1.54, 1.807) is 0 Å². The molecule has 0 aliphatic rings. The van der Waals surface area contributed by atoms with Crippen molar-refractivity contribution in [1.29, 1.82) is 0 Å². The molecule has 0 spiro atoms. The average molecular weight is 233 g/mol. The molecule has 0 saturated heterocycles. The third kappa shape index (κ3) is 3.27. The molecule has 2 atom stereocenters. The second-order valence-corrected chi connectivity index (χ2v) is 3.27. The Labute approximate surface area is 94.8 Å². The summed E-state index contributed by atoms with van der Waals surface area (Å²) in [6, 6.07) is 3.82. The Morgan fingerprint density at radius 1 is 1.27 bits per heavy atom. The van der Waals surface area contributed by atoms with Gasteiger partial charge in [-0.3, -0.25) is 0 Å². The molecule has 5 heteroatoms. The number of benzene rings is 1. The van der Waals surface area contributed by atoms with Crippen molar-refractivity contribution in [2.24, 2.45) is 5.73 Å². The summed E-state index contributed by atoms with van der Waals surface area (Å²) in [4.78, 5) is 0. The minimum absolute atomic E-state index is 0. The van der Waals surface area contributed by atoms with Crippen molar-refractivity contribution in [3.63, 3.8) is 0 Å². The van der Waals surface area contributed by atoms with Crippen LogP contribution in [0, 0.1) is 0 Å². The Kier molecular flexibility index (Phi) is 5.43. The number of hydrogen-bond acceptors (Lipinski definition) is 4. The summed E-state index contributed by atoms with van der Waals surface area (Å²) in [5.74, 6) is -0.448. The number of nitrogens with two attached hydrogens (primary N) is 1. The van der Waals surface area contributed by atoms with E-state index < -0.39 is 6.10 Å². The van der Waals surface area contributed by atoms with Crippen LogP contribution >= 0.6 is 0 Å². The first-order valence-electron chi connectivity index (χ1n) is 4.51. The first-order chi connectivity index (χ1) is 6.56. The fraction of sp³-hybridized carbons (Fsp3) is 0.400. The topological polar surface area (TPSA) is 86.7 Å². The largest absolute Gasteiger partial charge is 1.00 e. The van der Waals surface area contributed by atoms with Crippen LogP contribution in [0.1, 0.15) is 25.0 Å². The average Bonchev–Trinajstić information content (AvgIpc) is 2.20. The molecule has 0 aliphatic heterocycles. The van der Waals surface area contributed by atoms with Gasteiger partial charge >= 0.3 is 0 Å². The van der Waals surface area contributed by atoms with E-state index in [9.17, 15) is 10.2 Å². The fourth-order valence-corrected chi connectivity index (χ4v) is 1.19. The SMILES string of the molecule is CCC(N)C(O)c1ccc(O)c(O)c1.[Cl-]. The van der Waals surface area contributed by atoms with Gasteiger partial charge in [0.25, 0.3) is 0 Å². The van der Waals surface area contributed by atoms with Gasteiger partial charge in [-0.25, -0.2) is 0 Å². The Balaban J connectivity index is 0.00000196. The van der Waals surface area contributed by atoms with Crippen LogP contribution in [0.25, 0.3) is 0 Å². The highest BCUT2D eigenvalue weighted by Crippen LogP contribution is 2.28. The van der Waals surface area contributed by atoms with Crippen LogP contribution in [0.3, 0.4) is 0 Å². The molecule has 0 aromatic heterocycles. The molecule has 0 fully saturated rings. The van der Waals surface area contributed by atoms with Gasteiger partial charge in [-0.05, 0) is 24.1 Å². The maximum atomic E-state index is 9.69. The molecular formula is C10H15ClNO3-. The first-order valence-corrected chi connectivity index (χ1v) is 4.51. The molecule has 15 heavy (non-hydrogen) atoms. The van der Waals surface area contributed by atoms with E-state index >= 15 is 0 Å². The number of aromatic hydroxyl groups is 2. The zero-order valence-corrected chi connectivity index (χ0v) is 9.15. The summed E-state index contributed by atoms with van der Waals surface area (Å²) in [6.07, 6.45) is -0.172. The van der Waals surface area contributed by atoms with Crippen molar-refractivity contribution in [2.75, 3.05) is 0 Å². The number of phenols is 2. The number of rotatable bonds is 3. The molecule has 5 N–H and O–H groups in total. The summed E-state index contributed by atoms with van der Waals surface area (Å²) in [6.45, 7) is 1.87. The zero-order valence-electron chi connectivity index (χ0n) is 8.39. The molecular weight excluding hydrogens is 218 g/mol. The zero-order chi connectivity index (χ0) is 10.7. The lowest BCUT2D eigenvalue weighted by molar-refractivity contribution is -0.00000624. The minimum Gasteiger partial charge on any atom is -1.00 e. The molecule has 0 radical (unpaired) electrons. The van der Waals surface area contributed by atoms with E-state index in [-0.39, 0.29) is 29.9 Å². The lowest BCUT2D eigenvalue weighted by Crippen LogP contribution is -3.00. The van der Waals surface area contributed by atoms with Crippen LogP contribution in [0.4, 0.5) is 0 Å². The lowest BCUT2D eigenvalue weighted by Gasteiger charge is -2.17. The third-order valence-corrected chi connectivity index (χ3v) is 2.22. The Hall–Kier alpha value is -0.970. The van der Waals surface area contributed by atoms with Gasteiger partial charge in [-0.2, -0.15) is 0 Å². The van der Waals surface area contributed by atoms with E-state index in [0.29, 0.717) is 12.0 Å². The van der Waals surface area contributed by atoms with Crippen LogP contribution in [0.2, 0.25) is 0 Å². The van der Waals surface area contributed by atoms with Crippen LogP contribution in [-0.4, -0.2) is 21.4 Å². The molecule has 0 amide bonds. The van der Waals surface area contributed by atoms with Crippen LogP contribution in [0.15, 0.2) is 18.2 Å². The van der Waals surface area contributed by atoms with Gasteiger partial charge in [0.05, 0.1) is 6.10 Å². The van der Waals surface area contributed by atoms with Crippen molar-refractivity contribution in [2.45, 2.75) is 25.5 Å². The van der Waals surface area contributed by atoms with E-state index in [1.807, 2.05) is 6.92 Å². The predicted octanol–water partition coefficient (Wildman–Crippen LogP) is -2.13. The van der Waals surface area contributed by atoms with Crippen LogP contribution in [0.5, 0.6) is 11.5 Å². The van der Waals surface area contributed by atoms with Gasteiger partial charge in [-0.1, -0.05) is 13.0 Å². The number of phenolic OH excluding ortho intramolecular Hbond substituents is 2. The standard InChI is InChI=1S/C10H15NO3.ClH/c1-2-7(11)10(14)6-3-4-8(12)9(13)5-6;/h3-5,7,10,12-14H,2,11H2,1H3;1H/p-1. The highest BCUT2D eigenvalue weighted by atomic mass is 35.5. The Bertz CT molecular complexity index is 320. The van der Waals surface area contributed by atoms with Crippen molar-refractivity contribution in [3.8, 4) is 11.5 Å². The molecule has 0 aliphatic carbocycles. The van der Waals surface area contributed by atoms with E-state index in [2.05, 4.69) is 0 Å². The second kappa shape index (κ2) is 5.80. The van der Waals surface area contributed by atoms with Gasteiger partial charge < -0.3 is 33.5 Å². The normalized spacial score (nSPS) is 14.1. The summed E-state index contributed by atoms with van der Waals surface area (Å²) >= 11 is 0. The van der Waals surface area contributed by atoms with Gasteiger partial charge in [0.15, 0.2) is 11.5 Å². The molecule has 4 nitrogen and oxygen atoms in total. The van der Waals surface area contributed by atoms with Crippen molar-refractivity contribution in [3.05, 3.63) is 23.8 Å². The highest BCUT2D eigenvalue weighted by Gasteiger charge is 2.16. The Morgan fingerprint density at radius 3 is 2.33 bits per heavy atom. The first kappa shape index (κ1) is 14.0. The van der Waals surface area contributed by atoms with Gasteiger partial charge in [-0.15, -0.1) is 0 Å². The molecule has 1 aromatic rings. The van der Waals surface area contributed by atoms with Crippen LogP contribution < -0.4 is 18.1 Å².